The van der Waals surface area contributed by atoms with E-state index in [0.29, 0.717) is 16.8 Å². The number of rotatable bonds is 7. The Kier molecular flexibility index (Phi) is 6.18. The molecule has 0 spiro atoms. The van der Waals surface area contributed by atoms with Crippen LogP contribution in [0.3, 0.4) is 0 Å². The molecule has 0 saturated heterocycles. The van der Waals surface area contributed by atoms with Crippen molar-refractivity contribution >= 4 is 23.4 Å². The van der Waals surface area contributed by atoms with E-state index in [-0.39, 0.29) is 17.5 Å². The summed E-state index contributed by atoms with van der Waals surface area (Å²) in [6.07, 6.45) is 1.07. The molecule has 8 heteroatoms. The molecule has 3 aromatic rings. The van der Waals surface area contributed by atoms with Crippen LogP contribution in [0.2, 0.25) is 0 Å². The van der Waals surface area contributed by atoms with Crippen LogP contribution in [0, 0.1) is 5.82 Å². The van der Waals surface area contributed by atoms with Gasteiger partial charge < -0.3 is 5.32 Å². The lowest BCUT2D eigenvalue weighted by Crippen LogP contribution is -2.14. The first-order valence-corrected chi connectivity index (χ1v) is 9.62. The van der Waals surface area contributed by atoms with Gasteiger partial charge >= 0.3 is 0 Å². The highest BCUT2D eigenvalue weighted by atomic mass is 32.2. The molecule has 1 N–H and O–H groups in total. The fourth-order valence-electron chi connectivity index (χ4n) is 2.50. The maximum absolute atomic E-state index is 13.4. The number of hydrogen-bond donors (Lipinski definition) is 1. The summed E-state index contributed by atoms with van der Waals surface area (Å²) in [4.78, 5) is 12.2. The van der Waals surface area contributed by atoms with Crippen LogP contribution in [0.1, 0.15) is 31.7 Å². The van der Waals surface area contributed by atoms with E-state index in [1.54, 1.807) is 12.1 Å². The Morgan fingerprint density at radius 1 is 1.26 bits per heavy atom. The van der Waals surface area contributed by atoms with Crippen molar-refractivity contribution in [2.24, 2.45) is 0 Å². The van der Waals surface area contributed by atoms with Gasteiger partial charge in [0, 0.05) is 5.69 Å². The van der Waals surface area contributed by atoms with Crippen LogP contribution < -0.4 is 5.32 Å². The quantitative estimate of drug-likeness (QED) is 0.621. The number of nitrogens with zero attached hydrogens (tertiary/aromatic N) is 4. The maximum atomic E-state index is 13.4. The van der Waals surface area contributed by atoms with Crippen LogP contribution in [0.25, 0.3) is 5.69 Å². The molecule has 27 heavy (non-hydrogen) atoms. The number of aromatic nitrogens is 4. The average Bonchev–Trinajstić information content (AvgIpc) is 3.15. The van der Waals surface area contributed by atoms with Crippen molar-refractivity contribution < 1.29 is 9.18 Å². The summed E-state index contributed by atoms with van der Waals surface area (Å²) in [5, 5.41) is 14.7. The average molecular weight is 385 g/mol. The molecule has 1 atom stereocenters. The summed E-state index contributed by atoms with van der Waals surface area (Å²) in [5.74, 6) is 0.0950. The smallest absolute Gasteiger partial charge is 0.234 e. The van der Waals surface area contributed by atoms with Crippen molar-refractivity contribution in [3.05, 3.63) is 59.9 Å². The van der Waals surface area contributed by atoms with Gasteiger partial charge in [0.25, 0.3) is 0 Å². The minimum Gasteiger partial charge on any atom is -0.325 e. The van der Waals surface area contributed by atoms with Gasteiger partial charge in [-0.05, 0) is 58.7 Å². The number of thioether (sulfide) groups is 1. The Morgan fingerprint density at radius 3 is 2.74 bits per heavy atom. The number of carbonyl (C=O) groups is 1. The number of halogens is 1. The van der Waals surface area contributed by atoms with Crippen LogP contribution in [0.15, 0.2) is 53.7 Å². The van der Waals surface area contributed by atoms with Crippen molar-refractivity contribution in [2.75, 3.05) is 11.1 Å². The van der Waals surface area contributed by atoms with E-state index in [9.17, 15) is 9.18 Å². The molecule has 0 bridgehead atoms. The number of hydrogen-bond acceptors (Lipinski definition) is 5. The number of amides is 1. The highest BCUT2D eigenvalue weighted by Gasteiger charge is 2.12. The predicted molar refractivity (Wildman–Crippen MR) is 104 cm³/mol. The van der Waals surface area contributed by atoms with Gasteiger partial charge in [-0.1, -0.05) is 43.8 Å². The Morgan fingerprint density at radius 2 is 2.04 bits per heavy atom. The highest BCUT2D eigenvalue weighted by molar-refractivity contribution is 7.99. The molecular weight excluding hydrogens is 365 g/mol. The molecule has 1 aromatic heterocycles. The van der Waals surface area contributed by atoms with Gasteiger partial charge in [-0.2, -0.15) is 4.68 Å². The van der Waals surface area contributed by atoms with Crippen molar-refractivity contribution in [1.82, 2.24) is 20.2 Å². The van der Waals surface area contributed by atoms with Crippen LogP contribution in [0.5, 0.6) is 0 Å². The SMILES string of the molecule is CC[C@@H](C)c1ccc(NC(=O)CSc2nnnn2-c2cccc(F)c2)cc1. The molecule has 0 aliphatic carbocycles. The van der Waals surface area contributed by atoms with E-state index in [1.807, 2.05) is 24.3 Å². The Hall–Kier alpha value is -2.74. The molecule has 0 saturated carbocycles. The number of carbonyl (C=O) groups excluding carboxylic acids is 1. The highest BCUT2D eigenvalue weighted by Crippen LogP contribution is 2.22. The lowest BCUT2D eigenvalue weighted by atomic mass is 9.99. The van der Waals surface area contributed by atoms with Gasteiger partial charge in [-0.25, -0.2) is 4.39 Å². The second-order valence-electron chi connectivity index (χ2n) is 6.12. The van der Waals surface area contributed by atoms with E-state index < -0.39 is 0 Å². The normalized spacial score (nSPS) is 12.0. The molecule has 0 aliphatic heterocycles. The van der Waals surface area contributed by atoms with E-state index in [2.05, 4.69) is 34.7 Å². The topological polar surface area (TPSA) is 72.7 Å². The minimum atomic E-state index is -0.377. The molecule has 0 fully saturated rings. The largest absolute Gasteiger partial charge is 0.325 e. The van der Waals surface area contributed by atoms with Crippen LogP contribution in [-0.2, 0) is 4.79 Å². The third-order valence-electron chi connectivity index (χ3n) is 4.20. The van der Waals surface area contributed by atoms with E-state index in [1.165, 1.54) is 34.1 Å². The van der Waals surface area contributed by atoms with Crippen LogP contribution >= 0.6 is 11.8 Å². The van der Waals surface area contributed by atoms with Crippen molar-refractivity contribution in [2.45, 2.75) is 31.3 Å². The predicted octanol–water partition coefficient (Wildman–Crippen LogP) is 4.05. The molecule has 140 valence electrons. The molecule has 1 amide bonds. The number of benzene rings is 2. The van der Waals surface area contributed by atoms with Crippen LogP contribution in [-0.4, -0.2) is 31.9 Å². The third-order valence-corrected chi connectivity index (χ3v) is 5.12. The third kappa shape index (κ3) is 4.91. The lowest BCUT2D eigenvalue weighted by molar-refractivity contribution is -0.113. The number of tetrazole rings is 1. The van der Waals surface area contributed by atoms with Gasteiger partial charge in [0.15, 0.2) is 0 Å². The molecule has 3 rings (SSSR count). The standard InChI is InChI=1S/C19H20FN5OS/c1-3-13(2)14-7-9-16(10-8-14)21-18(26)12-27-19-22-23-24-25(19)17-6-4-5-15(20)11-17/h4-11,13H,3,12H2,1-2H3,(H,21,26)/t13-/m1/s1. The second kappa shape index (κ2) is 8.77. The van der Waals surface area contributed by atoms with Gasteiger partial charge in [0.05, 0.1) is 11.4 Å². The number of anilines is 1. The fourth-order valence-corrected chi connectivity index (χ4v) is 3.19. The van der Waals surface area contributed by atoms with Gasteiger partial charge in [-0.3, -0.25) is 4.79 Å². The Labute approximate surface area is 161 Å². The van der Waals surface area contributed by atoms with E-state index in [0.717, 1.165) is 12.1 Å². The minimum absolute atomic E-state index is 0.142. The zero-order chi connectivity index (χ0) is 19.2. The van der Waals surface area contributed by atoms with Crippen LogP contribution in [0.4, 0.5) is 10.1 Å². The fraction of sp³-hybridized carbons (Fsp3) is 0.263. The van der Waals surface area contributed by atoms with Crippen molar-refractivity contribution in [3.8, 4) is 5.69 Å². The number of nitrogens with one attached hydrogen (secondary N) is 1. The summed E-state index contributed by atoms with van der Waals surface area (Å²) in [7, 11) is 0. The lowest BCUT2D eigenvalue weighted by Gasteiger charge is -2.10. The summed E-state index contributed by atoms with van der Waals surface area (Å²) in [6, 6.07) is 13.8. The summed E-state index contributed by atoms with van der Waals surface area (Å²) < 4.78 is 14.8. The molecule has 0 unspecified atom stereocenters. The first-order valence-electron chi connectivity index (χ1n) is 8.63. The summed E-state index contributed by atoms with van der Waals surface area (Å²) in [5.41, 5.74) is 2.50. The molecule has 6 nitrogen and oxygen atoms in total. The zero-order valence-electron chi connectivity index (χ0n) is 15.1. The molecule has 1 heterocycles. The summed E-state index contributed by atoms with van der Waals surface area (Å²) in [6.45, 7) is 4.32. The molecular formula is C19H20FN5OS. The van der Waals surface area contributed by atoms with Gasteiger partial charge in [0.2, 0.25) is 11.1 Å². The first kappa shape index (κ1) is 19.0. The van der Waals surface area contributed by atoms with E-state index in [4.69, 9.17) is 0 Å². The summed E-state index contributed by atoms with van der Waals surface area (Å²) >= 11 is 1.19. The molecule has 0 radical (unpaired) electrons. The second-order valence-corrected chi connectivity index (χ2v) is 7.06. The van der Waals surface area contributed by atoms with E-state index >= 15 is 0 Å². The van der Waals surface area contributed by atoms with Crippen molar-refractivity contribution in [1.29, 1.82) is 0 Å². The molecule has 2 aromatic carbocycles. The van der Waals surface area contributed by atoms with Gasteiger partial charge in [0.1, 0.15) is 5.82 Å². The first-order chi connectivity index (χ1) is 13.1. The Balaban J connectivity index is 1.59. The Bertz CT molecular complexity index is 912. The molecule has 0 aliphatic rings. The van der Waals surface area contributed by atoms with Crippen molar-refractivity contribution in [3.63, 3.8) is 0 Å². The maximum Gasteiger partial charge on any atom is 0.234 e. The van der Waals surface area contributed by atoms with Gasteiger partial charge in [-0.15, -0.1) is 5.10 Å². The zero-order valence-corrected chi connectivity index (χ0v) is 15.9. The monoisotopic (exact) mass is 385 g/mol.